The summed E-state index contributed by atoms with van der Waals surface area (Å²) in [5.74, 6) is -1.81. The maximum absolute atomic E-state index is 13.2. The highest BCUT2D eigenvalue weighted by Crippen LogP contribution is 2.39. The van der Waals surface area contributed by atoms with Crippen molar-refractivity contribution in [2.24, 2.45) is 5.92 Å². The highest BCUT2D eigenvalue weighted by Gasteiger charge is 2.35. The molecule has 2 aliphatic rings. The molecule has 2 aromatic rings. The van der Waals surface area contributed by atoms with Gasteiger partial charge in [0.2, 0.25) is 15.9 Å². The lowest BCUT2D eigenvalue weighted by molar-refractivity contribution is -0.120. The minimum atomic E-state index is -3.83. The molecule has 2 heterocycles. The number of esters is 1. The molecule has 1 fully saturated rings. The topological polar surface area (TPSA) is 92.8 Å². The molecule has 0 saturated carbocycles. The van der Waals surface area contributed by atoms with E-state index >= 15 is 0 Å². The number of fused-ring (bicyclic) bond motifs is 1. The number of carbonyl (C=O) groups excluding carboxylic acids is 2. The van der Waals surface area contributed by atoms with Crippen LogP contribution in [-0.4, -0.2) is 44.3 Å². The van der Waals surface area contributed by atoms with Crippen LogP contribution in [0.5, 0.6) is 0 Å². The SMILES string of the molecule is CCOC(=O)c1c(NC(=O)C2CCCN(S(=O)(=O)c3ccc(F)cc3)C2)sc2c1CCCC2. The van der Waals surface area contributed by atoms with Crippen LogP contribution in [0.25, 0.3) is 0 Å². The van der Waals surface area contributed by atoms with Crippen molar-refractivity contribution in [2.45, 2.75) is 50.3 Å². The molecule has 1 atom stereocenters. The van der Waals surface area contributed by atoms with E-state index in [1.54, 1.807) is 6.92 Å². The normalized spacial score (nSPS) is 19.0. The smallest absolute Gasteiger partial charge is 0.341 e. The number of aryl methyl sites for hydroxylation is 1. The molecule has 0 bridgehead atoms. The molecule has 1 aromatic heterocycles. The fraction of sp³-hybridized carbons (Fsp3) is 0.478. The van der Waals surface area contributed by atoms with Crippen LogP contribution in [0.2, 0.25) is 0 Å². The lowest BCUT2D eigenvalue weighted by Crippen LogP contribution is -2.43. The van der Waals surface area contributed by atoms with Crippen LogP contribution >= 0.6 is 11.3 Å². The zero-order valence-corrected chi connectivity index (χ0v) is 20.1. The molecule has 7 nitrogen and oxygen atoms in total. The van der Waals surface area contributed by atoms with Crippen LogP contribution in [-0.2, 0) is 32.4 Å². The number of piperidine rings is 1. The summed E-state index contributed by atoms with van der Waals surface area (Å²) in [5.41, 5.74) is 1.40. The second-order valence-corrected chi connectivity index (χ2v) is 11.3. The number of hydrogen-bond donors (Lipinski definition) is 1. The molecule has 178 valence electrons. The summed E-state index contributed by atoms with van der Waals surface area (Å²) in [7, 11) is -3.83. The number of nitrogens with one attached hydrogen (secondary N) is 1. The molecular weight excluding hydrogens is 467 g/mol. The van der Waals surface area contributed by atoms with Gasteiger partial charge in [-0.15, -0.1) is 11.3 Å². The van der Waals surface area contributed by atoms with Gasteiger partial charge in [0.25, 0.3) is 0 Å². The quantitative estimate of drug-likeness (QED) is 0.613. The Morgan fingerprint density at radius 3 is 2.64 bits per heavy atom. The number of nitrogens with zero attached hydrogens (tertiary/aromatic N) is 1. The lowest BCUT2D eigenvalue weighted by atomic mass is 9.95. The average Bonchev–Trinajstić information content (AvgIpc) is 3.17. The number of benzene rings is 1. The molecule has 1 aromatic carbocycles. The van der Waals surface area contributed by atoms with Crippen molar-refractivity contribution in [2.75, 3.05) is 25.0 Å². The summed E-state index contributed by atoms with van der Waals surface area (Å²) < 4.78 is 45.7. The van der Waals surface area contributed by atoms with E-state index in [9.17, 15) is 22.4 Å². The molecule has 0 radical (unpaired) electrons. The standard InChI is InChI=1S/C23H27FN2O5S2/c1-2-31-23(28)20-18-7-3-4-8-19(18)32-22(20)25-21(27)15-6-5-13-26(14-15)33(29,30)17-11-9-16(24)10-12-17/h9-12,15H,2-8,13-14H2,1H3,(H,25,27). The van der Waals surface area contributed by atoms with Gasteiger partial charge in [-0.05, 0) is 75.3 Å². The van der Waals surface area contributed by atoms with Crippen molar-refractivity contribution in [3.05, 3.63) is 46.1 Å². The van der Waals surface area contributed by atoms with Gasteiger partial charge in [-0.2, -0.15) is 4.31 Å². The average molecular weight is 495 g/mol. The Bertz CT molecular complexity index is 1140. The highest BCUT2D eigenvalue weighted by molar-refractivity contribution is 7.89. The van der Waals surface area contributed by atoms with Crippen LogP contribution in [0.15, 0.2) is 29.2 Å². The molecule has 1 aliphatic carbocycles. The molecule has 4 rings (SSSR count). The van der Waals surface area contributed by atoms with E-state index in [0.29, 0.717) is 30.0 Å². The Morgan fingerprint density at radius 2 is 1.91 bits per heavy atom. The number of thiophene rings is 1. The molecule has 33 heavy (non-hydrogen) atoms. The van der Waals surface area contributed by atoms with Gasteiger partial charge in [-0.1, -0.05) is 0 Å². The van der Waals surface area contributed by atoms with Crippen LogP contribution in [0.4, 0.5) is 9.39 Å². The Hall–Kier alpha value is -2.30. The van der Waals surface area contributed by atoms with Crippen molar-refractivity contribution in [1.82, 2.24) is 4.31 Å². The van der Waals surface area contributed by atoms with Gasteiger partial charge in [-0.25, -0.2) is 17.6 Å². The molecular formula is C23H27FN2O5S2. The summed E-state index contributed by atoms with van der Waals surface area (Å²) in [6, 6.07) is 4.68. The number of rotatable bonds is 6. The minimum Gasteiger partial charge on any atom is -0.462 e. The summed E-state index contributed by atoms with van der Waals surface area (Å²) >= 11 is 1.41. The third-order valence-corrected chi connectivity index (χ3v) is 9.18. The molecule has 1 saturated heterocycles. The predicted molar refractivity (Wildman–Crippen MR) is 123 cm³/mol. The number of halogens is 1. The van der Waals surface area contributed by atoms with E-state index in [0.717, 1.165) is 48.3 Å². The van der Waals surface area contributed by atoms with Crippen molar-refractivity contribution >= 4 is 38.2 Å². The lowest BCUT2D eigenvalue weighted by Gasteiger charge is -2.31. The first kappa shape index (κ1) is 23.8. The molecule has 1 unspecified atom stereocenters. The van der Waals surface area contributed by atoms with Crippen LogP contribution < -0.4 is 5.32 Å². The first-order valence-electron chi connectivity index (χ1n) is 11.2. The van der Waals surface area contributed by atoms with Gasteiger partial charge in [0.1, 0.15) is 10.8 Å². The van der Waals surface area contributed by atoms with E-state index in [2.05, 4.69) is 5.32 Å². The van der Waals surface area contributed by atoms with Crippen molar-refractivity contribution in [3.8, 4) is 0 Å². The van der Waals surface area contributed by atoms with Crippen LogP contribution in [0, 0.1) is 11.7 Å². The summed E-state index contributed by atoms with van der Waals surface area (Å²) in [6.07, 6.45) is 4.76. The maximum atomic E-state index is 13.2. The Kier molecular flexibility index (Phi) is 7.16. The highest BCUT2D eigenvalue weighted by atomic mass is 32.2. The summed E-state index contributed by atoms with van der Waals surface area (Å²) in [5, 5.41) is 3.39. The van der Waals surface area contributed by atoms with Crippen molar-refractivity contribution in [3.63, 3.8) is 0 Å². The number of amides is 1. The monoisotopic (exact) mass is 494 g/mol. The van der Waals surface area contributed by atoms with E-state index in [1.165, 1.54) is 27.8 Å². The molecule has 1 aliphatic heterocycles. The van der Waals surface area contributed by atoms with Gasteiger partial charge in [0.15, 0.2) is 0 Å². The zero-order chi connectivity index (χ0) is 23.6. The van der Waals surface area contributed by atoms with Crippen molar-refractivity contribution in [1.29, 1.82) is 0 Å². The largest absolute Gasteiger partial charge is 0.462 e. The number of anilines is 1. The Morgan fingerprint density at radius 1 is 1.18 bits per heavy atom. The van der Waals surface area contributed by atoms with Crippen LogP contribution in [0.1, 0.15) is 53.4 Å². The summed E-state index contributed by atoms with van der Waals surface area (Å²) in [4.78, 5) is 26.9. The second-order valence-electron chi connectivity index (χ2n) is 8.28. The third-order valence-electron chi connectivity index (χ3n) is 6.09. The fourth-order valence-corrected chi connectivity index (χ4v) is 7.22. The third kappa shape index (κ3) is 4.97. The Labute approximate surface area is 197 Å². The minimum absolute atomic E-state index is 0.000451. The first-order chi connectivity index (χ1) is 15.8. The summed E-state index contributed by atoms with van der Waals surface area (Å²) in [6.45, 7) is 2.32. The number of hydrogen-bond acceptors (Lipinski definition) is 6. The van der Waals surface area contributed by atoms with E-state index in [-0.39, 0.29) is 24.0 Å². The van der Waals surface area contributed by atoms with Gasteiger partial charge in [0.05, 0.1) is 23.0 Å². The first-order valence-corrected chi connectivity index (χ1v) is 13.4. The Balaban J connectivity index is 1.53. The number of carbonyl (C=O) groups is 2. The molecule has 1 amide bonds. The van der Waals surface area contributed by atoms with Gasteiger partial charge < -0.3 is 10.1 Å². The molecule has 10 heteroatoms. The second kappa shape index (κ2) is 9.90. The van der Waals surface area contributed by atoms with Gasteiger partial charge in [-0.3, -0.25) is 4.79 Å². The van der Waals surface area contributed by atoms with E-state index < -0.39 is 27.7 Å². The molecule has 0 spiro atoms. The van der Waals surface area contributed by atoms with E-state index in [1.807, 2.05) is 0 Å². The van der Waals surface area contributed by atoms with Crippen LogP contribution in [0.3, 0.4) is 0 Å². The predicted octanol–water partition coefficient (Wildman–Crippen LogP) is 3.98. The molecule has 1 N–H and O–H groups in total. The number of sulfonamides is 1. The van der Waals surface area contributed by atoms with Crippen molar-refractivity contribution < 1.29 is 27.1 Å². The maximum Gasteiger partial charge on any atom is 0.341 e. The zero-order valence-electron chi connectivity index (χ0n) is 18.4. The number of ether oxygens (including phenoxy) is 1. The van der Waals surface area contributed by atoms with Gasteiger partial charge >= 0.3 is 5.97 Å². The fourth-order valence-electron chi connectivity index (χ4n) is 4.42. The van der Waals surface area contributed by atoms with Gasteiger partial charge in [0, 0.05) is 18.0 Å². The van der Waals surface area contributed by atoms with E-state index in [4.69, 9.17) is 4.74 Å².